The molecule has 1 aromatic heterocycles. The Labute approximate surface area is 113 Å². The van der Waals surface area contributed by atoms with E-state index in [4.69, 9.17) is 0 Å². The molecule has 0 spiro atoms. The molecule has 1 unspecified atom stereocenters. The van der Waals surface area contributed by atoms with Crippen molar-refractivity contribution in [2.75, 3.05) is 17.3 Å². The number of fused-ring (bicyclic) bond motifs is 1. The van der Waals surface area contributed by atoms with Crippen LogP contribution in [0.25, 0.3) is 0 Å². The third kappa shape index (κ3) is 2.14. The lowest BCUT2D eigenvalue weighted by atomic mass is 9.97. The van der Waals surface area contributed by atoms with E-state index >= 15 is 0 Å². The van der Waals surface area contributed by atoms with Crippen molar-refractivity contribution in [1.82, 2.24) is 9.97 Å². The van der Waals surface area contributed by atoms with Gasteiger partial charge in [0.25, 0.3) is 0 Å². The third-order valence-electron chi connectivity index (χ3n) is 3.63. The molecule has 1 aliphatic heterocycles. The number of rotatable bonds is 2. The van der Waals surface area contributed by atoms with Crippen molar-refractivity contribution >= 4 is 17.5 Å². The highest BCUT2D eigenvalue weighted by Gasteiger charge is 2.24. The number of anilines is 3. The fraction of sp³-hybridized carbons (Fsp3) is 0.333. The van der Waals surface area contributed by atoms with Crippen LogP contribution in [-0.2, 0) is 6.42 Å². The molecule has 2 aromatic rings. The minimum atomic E-state index is 0.453. The summed E-state index contributed by atoms with van der Waals surface area (Å²) in [5.74, 6) is 1.62. The summed E-state index contributed by atoms with van der Waals surface area (Å²) in [7, 11) is 1.84. The first kappa shape index (κ1) is 12.0. The van der Waals surface area contributed by atoms with Gasteiger partial charge in [0.2, 0.25) is 5.95 Å². The van der Waals surface area contributed by atoms with Crippen LogP contribution in [0.15, 0.2) is 36.5 Å². The molecule has 4 heteroatoms. The Hall–Kier alpha value is -2.10. The molecule has 0 bridgehead atoms. The number of aromatic nitrogens is 2. The summed E-state index contributed by atoms with van der Waals surface area (Å²) >= 11 is 0. The number of hydrogen-bond acceptors (Lipinski definition) is 4. The second kappa shape index (κ2) is 4.88. The van der Waals surface area contributed by atoms with Crippen LogP contribution in [0.1, 0.15) is 18.9 Å². The Bertz CT molecular complexity index is 582. The molecule has 0 aliphatic carbocycles. The molecule has 0 saturated carbocycles. The second-order valence-corrected chi connectivity index (χ2v) is 4.87. The van der Waals surface area contributed by atoms with Gasteiger partial charge >= 0.3 is 0 Å². The molecular formula is C15H18N4. The van der Waals surface area contributed by atoms with E-state index in [0.717, 1.165) is 18.7 Å². The number of para-hydroxylation sites is 1. The number of benzene rings is 1. The average molecular weight is 254 g/mol. The van der Waals surface area contributed by atoms with Gasteiger partial charge in [-0.1, -0.05) is 18.2 Å². The first-order valence-corrected chi connectivity index (χ1v) is 6.67. The SMILES string of the molecule is CNc1nccc(N2c3ccccc3CCC2C)n1. The minimum Gasteiger partial charge on any atom is -0.357 e. The van der Waals surface area contributed by atoms with Crippen molar-refractivity contribution in [2.45, 2.75) is 25.8 Å². The minimum absolute atomic E-state index is 0.453. The van der Waals surface area contributed by atoms with Crippen LogP contribution < -0.4 is 10.2 Å². The molecule has 0 fully saturated rings. The quantitative estimate of drug-likeness (QED) is 0.894. The molecule has 1 atom stereocenters. The van der Waals surface area contributed by atoms with Gasteiger partial charge in [-0.05, 0) is 37.5 Å². The molecule has 3 rings (SSSR count). The van der Waals surface area contributed by atoms with Crippen LogP contribution in [0.3, 0.4) is 0 Å². The van der Waals surface area contributed by atoms with Crippen molar-refractivity contribution in [3.8, 4) is 0 Å². The fourth-order valence-corrected chi connectivity index (χ4v) is 2.64. The van der Waals surface area contributed by atoms with Crippen LogP contribution >= 0.6 is 0 Å². The van der Waals surface area contributed by atoms with Crippen molar-refractivity contribution in [3.63, 3.8) is 0 Å². The first-order chi connectivity index (χ1) is 9.29. The van der Waals surface area contributed by atoms with E-state index in [2.05, 4.69) is 51.4 Å². The van der Waals surface area contributed by atoms with E-state index in [-0.39, 0.29) is 0 Å². The summed E-state index contributed by atoms with van der Waals surface area (Å²) in [6.45, 7) is 2.25. The van der Waals surface area contributed by atoms with Crippen LogP contribution in [0.4, 0.5) is 17.5 Å². The van der Waals surface area contributed by atoms with Gasteiger partial charge in [-0.15, -0.1) is 0 Å². The number of hydrogen-bond donors (Lipinski definition) is 1. The van der Waals surface area contributed by atoms with E-state index in [1.807, 2.05) is 13.1 Å². The highest BCUT2D eigenvalue weighted by atomic mass is 15.2. The molecule has 98 valence electrons. The molecule has 1 aromatic carbocycles. The summed E-state index contributed by atoms with van der Waals surface area (Å²) in [5, 5.41) is 3.00. The lowest BCUT2D eigenvalue weighted by Gasteiger charge is -2.36. The molecule has 19 heavy (non-hydrogen) atoms. The highest BCUT2D eigenvalue weighted by Crippen LogP contribution is 2.35. The Kier molecular flexibility index (Phi) is 3.07. The lowest BCUT2D eigenvalue weighted by Crippen LogP contribution is -2.33. The summed E-state index contributed by atoms with van der Waals surface area (Å²) in [5.41, 5.74) is 2.66. The molecule has 0 amide bonds. The Morgan fingerprint density at radius 1 is 1.26 bits per heavy atom. The van der Waals surface area contributed by atoms with Crippen molar-refractivity contribution in [3.05, 3.63) is 42.1 Å². The van der Waals surface area contributed by atoms with Gasteiger partial charge in [-0.25, -0.2) is 4.98 Å². The summed E-state index contributed by atoms with van der Waals surface area (Å²) in [6.07, 6.45) is 4.09. The topological polar surface area (TPSA) is 41.1 Å². The predicted molar refractivity (Wildman–Crippen MR) is 77.9 cm³/mol. The Balaban J connectivity index is 2.07. The first-order valence-electron chi connectivity index (χ1n) is 6.67. The summed E-state index contributed by atoms with van der Waals surface area (Å²) < 4.78 is 0. The monoisotopic (exact) mass is 254 g/mol. The zero-order chi connectivity index (χ0) is 13.2. The van der Waals surface area contributed by atoms with Crippen molar-refractivity contribution < 1.29 is 0 Å². The zero-order valence-electron chi connectivity index (χ0n) is 11.3. The van der Waals surface area contributed by atoms with Crippen LogP contribution in [0.5, 0.6) is 0 Å². The van der Waals surface area contributed by atoms with Gasteiger partial charge in [0.05, 0.1) is 0 Å². The predicted octanol–water partition coefficient (Wildman–Crippen LogP) is 2.99. The standard InChI is InChI=1S/C15H18N4/c1-11-7-8-12-5-3-4-6-13(12)19(11)14-9-10-17-15(16-2)18-14/h3-6,9-11H,7-8H2,1-2H3,(H,16,17,18). The van der Waals surface area contributed by atoms with Gasteiger partial charge in [0.1, 0.15) is 5.82 Å². The van der Waals surface area contributed by atoms with Crippen molar-refractivity contribution in [2.24, 2.45) is 0 Å². The number of nitrogens with zero attached hydrogens (tertiary/aromatic N) is 3. The lowest BCUT2D eigenvalue weighted by molar-refractivity contribution is 0.613. The Morgan fingerprint density at radius 3 is 2.95 bits per heavy atom. The Morgan fingerprint density at radius 2 is 2.11 bits per heavy atom. The van der Waals surface area contributed by atoms with Crippen LogP contribution in [-0.4, -0.2) is 23.1 Å². The van der Waals surface area contributed by atoms with E-state index in [1.54, 1.807) is 6.20 Å². The van der Waals surface area contributed by atoms with Gasteiger partial charge < -0.3 is 10.2 Å². The second-order valence-electron chi connectivity index (χ2n) is 4.87. The van der Waals surface area contributed by atoms with Crippen LogP contribution in [0.2, 0.25) is 0 Å². The van der Waals surface area contributed by atoms with Gasteiger partial charge in [-0.2, -0.15) is 4.98 Å². The molecule has 0 saturated heterocycles. The number of nitrogens with one attached hydrogen (secondary N) is 1. The molecule has 0 radical (unpaired) electrons. The van der Waals surface area contributed by atoms with Gasteiger partial charge in [-0.3, -0.25) is 0 Å². The largest absolute Gasteiger partial charge is 0.357 e. The molecule has 4 nitrogen and oxygen atoms in total. The molecular weight excluding hydrogens is 236 g/mol. The third-order valence-corrected chi connectivity index (χ3v) is 3.63. The van der Waals surface area contributed by atoms with Crippen LogP contribution in [0, 0.1) is 0 Å². The van der Waals surface area contributed by atoms with Gasteiger partial charge in [0.15, 0.2) is 0 Å². The van der Waals surface area contributed by atoms with E-state index in [1.165, 1.54) is 11.3 Å². The normalized spacial score (nSPS) is 18.0. The molecule has 1 N–H and O–H groups in total. The maximum absolute atomic E-state index is 4.57. The summed E-state index contributed by atoms with van der Waals surface area (Å²) in [6, 6.07) is 11.0. The molecule has 1 aliphatic rings. The van der Waals surface area contributed by atoms with E-state index in [9.17, 15) is 0 Å². The smallest absolute Gasteiger partial charge is 0.224 e. The maximum atomic E-state index is 4.57. The fourth-order valence-electron chi connectivity index (χ4n) is 2.64. The average Bonchev–Trinajstić information content (AvgIpc) is 2.47. The molecule has 2 heterocycles. The summed E-state index contributed by atoms with van der Waals surface area (Å²) in [4.78, 5) is 11.1. The number of aryl methyl sites for hydroxylation is 1. The highest BCUT2D eigenvalue weighted by molar-refractivity contribution is 5.66. The zero-order valence-corrected chi connectivity index (χ0v) is 11.3. The van der Waals surface area contributed by atoms with Crippen molar-refractivity contribution in [1.29, 1.82) is 0 Å². The van der Waals surface area contributed by atoms with Gasteiger partial charge in [0, 0.05) is 25.0 Å². The van der Waals surface area contributed by atoms with E-state index < -0.39 is 0 Å². The maximum Gasteiger partial charge on any atom is 0.224 e. The van der Waals surface area contributed by atoms with E-state index in [0.29, 0.717) is 12.0 Å².